The van der Waals surface area contributed by atoms with Crippen molar-refractivity contribution in [1.29, 1.82) is 0 Å². The fourth-order valence-electron chi connectivity index (χ4n) is 1.60. The fourth-order valence-corrected chi connectivity index (χ4v) is 1.60. The summed E-state index contributed by atoms with van der Waals surface area (Å²) in [6, 6.07) is 3.68. The minimum atomic E-state index is 0.00306. The number of hydrogen-bond donors (Lipinski definition) is 1. The lowest BCUT2D eigenvalue weighted by Gasteiger charge is -2.05. The molecule has 0 aliphatic rings. The monoisotopic (exact) mass is 247 g/mol. The third-order valence-corrected chi connectivity index (χ3v) is 2.62. The molecule has 96 valence electrons. The third-order valence-electron chi connectivity index (χ3n) is 2.62. The van der Waals surface area contributed by atoms with Crippen molar-refractivity contribution in [2.45, 2.75) is 26.9 Å². The van der Waals surface area contributed by atoms with Gasteiger partial charge in [-0.1, -0.05) is 13.0 Å². The van der Waals surface area contributed by atoms with Crippen LogP contribution in [-0.2, 0) is 6.61 Å². The van der Waals surface area contributed by atoms with Gasteiger partial charge in [0.15, 0.2) is 11.6 Å². The van der Waals surface area contributed by atoms with Crippen molar-refractivity contribution in [3.05, 3.63) is 35.8 Å². The standard InChI is InChI=1S/C13H17N3O2/c1-3-6-18-12-7-14-16(8-12)13-5-4-11(9-17)10(2)15-13/h4-5,7-8,17H,3,6,9H2,1-2H3. The summed E-state index contributed by atoms with van der Waals surface area (Å²) in [5.74, 6) is 1.46. The highest BCUT2D eigenvalue weighted by molar-refractivity contribution is 5.30. The Balaban J connectivity index is 2.20. The van der Waals surface area contributed by atoms with Crippen LogP contribution in [0.3, 0.4) is 0 Å². The van der Waals surface area contributed by atoms with E-state index in [1.807, 2.05) is 19.1 Å². The van der Waals surface area contributed by atoms with Gasteiger partial charge in [0.05, 0.1) is 25.6 Å². The molecular weight excluding hydrogens is 230 g/mol. The maximum Gasteiger partial charge on any atom is 0.157 e. The molecule has 0 bridgehead atoms. The quantitative estimate of drug-likeness (QED) is 0.876. The average Bonchev–Trinajstić information content (AvgIpc) is 2.85. The number of aliphatic hydroxyl groups excluding tert-OH is 1. The lowest BCUT2D eigenvalue weighted by molar-refractivity contribution is 0.280. The second-order valence-electron chi connectivity index (χ2n) is 4.04. The first-order valence-electron chi connectivity index (χ1n) is 5.99. The summed E-state index contributed by atoms with van der Waals surface area (Å²) in [6.45, 7) is 4.61. The van der Waals surface area contributed by atoms with Crippen molar-refractivity contribution < 1.29 is 9.84 Å². The summed E-state index contributed by atoms with van der Waals surface area (Å²) in [5, 5.41) is 13.3. The van der Waals surface area contributed by atoms with Crippen LogP contribution in [0.5, 0.6) is 5.75 Å². The molecule has 2 aromatic rings. The number of nitrogens with zero attached hydrogens (tertiary/aromatic N) is 3. The molecule has 1 N–H and O–H groups in total. The van der Waals surface area contributed by atoms with Gasteiger partial charge in [-0.2, -0.15) is 5.10 Å². The summed E-state index contributed by atoms with van der Waals surface area (Å²) in [6.07, 6.45) is 4.44. The van der Waals surface area contributed by atoms with Gasteiger partial charge in [0.1, 0.15) is 0 Å². The molecule has 0 unspecified atom stereocenters. The average molecular weight is 247 g/mol. The number of ether oxygens (including phenoxy) is 1. The van der Waals surface area contributed by atoms with E-state index < -0.39 is 0 Å². The van der Waals surface area contributed by atoms with Gasteiger partial charge in [-0.3, -0.25) is 0 Å². The maximum atomic E-state index is 9.10. The van der Waals surface area contributed by atoms with Crippen LogP contribution in [0, 0.1) is 6.92 Å². The Kier molecular flexibility index (Phi) is 3.94. The highest BCUT2D eigenvalue weighted by Gasteiger charge is 2.05. The van der Waals surface area contributed by atoms with Crippen LogP contribution >= 0.6 is 0 Å². The molecule has 2 rings (SSSR count). The third kappa shape index (κ3) is 2.68. The van der Waals surface area contributed by atoms with E-state index in [1.165, 1.54) is 0 Å². The Morgan fingerprint density at radius 3 is 2.89 bits per heavy atom. The molecule has 0 aliphatic carbocycles. The molecule has 5 heteroatoms. The van der Waals surface area contributed by atoms with Gasteiger partial charge in [0.2, 0.25) is 0 Å². The van der Waals surface area contributed by atoms with Crippen molar-refractivity contribution in [3.8, 4) is 11.6 Å². The van der Waals surface area contributed by atoms with Crippen LogP contribution in [0.1, 0.15) is 24.6 Å². The van der Waals surface area contributed by atoms with Crippen LogP contribution in [0.4, 0.5) is 0 Å². The van der Waals surface area contributed by atoms with Gasteiger partial charge in [-0.25, -0.2) is 9.67 Å². The first-order valence-corrected chi connectivity index (χ1v) is 5.99. The Morgan fingerprint density at radius 1 is 1.39 bits per heavy atom. The zero-order chi connectivity index (χ0) is 13.0. The number of pyridine rings is 1. The van der Waals surface area contributed by atoms with Crippen molar-refractivity contribution >= 4 is 0 Å². The molecule has 0 radical (unpaired) electrons. The number of aliphatic hydroxyl groups is 1. The van der Waals surface area contributed by atoms with Crippen LogP contribution in [0.25, 0.3) is 5.82 Å². The van der Waals surface area contributed by atoms with Gasteiger partial charge >= 0.3 is 0 Å². The molecule has 2 heterocycles. The first kappa shape index (κ1) is 12.6. The van der Waals surface area contributed by atoms with E-state index >= 15 is 0 Å². The highest BCUT2D eigenvalue weighted by Crippen LogP contribution is 2.14. The molecule has 0 amide bonds. The SMILES string of the molecule is CCCOc1cnn(-c2ccc(CO)c(C)n2)c1. The summed E-state index contributed by atoms with van der Waals surface area (Å²) in [5.41, 5.74) is 1.63. The minimum Gasteiger partial charge on any atom is -0.490 e. The van der Waals surface area contributed by atoms with Crippen molar-refractivity contribution in [2.75, 3.05) is 6.61 Å². The smallest absolute Gasteiger partial charge is 0.157 e. The van der Waals surface area contributed by atoms with E-state index in [9.17, 15) is 0 Å². The molecule has 0 saturated carbocycles. The molecule has 18 heavy (non-hydrogen) atoms. The lowest BCUT2D eigenvalue weighted by atomic mass is 10.2. The number of hydrogen-bond acceptors (Lipinski definition) is 4. The van der Waals surface area contributed by atoms with E-state index in [1.54, 1.807) is 17.1 Å². The van der Waals surface area contributed by atoms with Gasteiger partial charge in [0.25, 0.3) is 0 Å². The van der Waals surface area contributed by atoms with Crippen molar-refractivity contribution in [3.63, 3.8) is 0 Å². The summed E-state index contributed by atoms with van der Waals surface area (Å²) < 4.78 is 7.15. The highest BCUT2D eigenvalue weighted by atomic mass is 16.5. The Morgan fingerprint density at radius 2 is 2.22 bits per heavy atom. The van der Waals surface area contributed by atoms with Gasteiger partial charge in [-0.15, -0.1) is 0 Å². The van der Waals surface area contributed by atoms with E-state index in [0.29, 0.717) is 6.61 Å². The maximum absolute atomic E-state index is 9.10. The largest absolute Gasteiger partial charge is 0.490 e. The second kappa shape index (κ2) is 5.64. The predicted molar refractivity (Wildman–Crippen MR) is 67.8 cm³/mol. The Bertz CT molecular complexity index is 523. The van der Waals surface area contributed by atoms with Crippen LogP contribution < -0.4 is 4.74 Å². The normalized spacial score (nSPS) is 10.6. The van der Waals surface area contributed by atoms with E-state index in [0.717, 1.165) is 29.2 Å². The van der Waals surface area contributed by atoms with Crippen molar-refractivity contribution in [1.82, 2.24) is 14.8 Å². The minimum absolute atomic E-state index is 0.00306. The fraction of sp³-hybridized carbons (Fsp3) is 0.385. The Hall–Kier alpha value is -1.88. The molecule has 0 saturated heterocycles. The van der Waals surface area contributed by atoms with Gasteiger partial charge in [0, 0.05) is 5.69 Å². The lowest BCUT2D eigenvalue weighted by Crippen LogP contribution is -2.01. The Labute approximate surface area is 106 Å². The van der Waals surface area contributed by atoms with E-state index in [-0.39, 0.29) is 6.61 Å². The topological polar surface area (TPSA) is 60.2 Å². The molecule has 2 aromatic heterocycles. The number of aryl methyl sites for hydroxylation is 1. The summed E-state index contributed by atoms with van der Waals surface area (Å²) in [4.78, 5) is 4.39. The first-order chi connectivity index (χ1) is 8.74. The van der Waals surface area contributed by atoms with Gasteiger partial charge < -0.3 is 9.84 Å². The molecule has 0 fully saturated rings. The molecule has 0 spiro atoms. The summed E-state index contributed by atoms with van der Waals surface area (Å²) >= 11 is 0. The number of rotatable bonds is 5. The van der Waals surface area contributed by atoms with E-state index in [4.69, 9.17) is 9.84 Å². The van der Waals surface area contributed by atoms with Crippen LogP contribution in [0.2, 0.25) is 0 Å². The van der Waals surface area contributed by atoms with E-state index in [2.05, 4.69) is 17.0 Å². The predicted octanol–water partition coefficient (Wildman–Crippen LogP) is 1.86. The zero-order valence-corrected chi connectivity index (χ0v) is 10.6. The van der Waals surface area contributed by atoms with Crippen LogP contribution in [0.15, 0.2) is 24.5 Å². The van der Waals surface area contributed by atoms with Gasteiger partial charge in [-0.05, 0) is 25.0 Å². The van der Waals surface area contributed by atoms with Crippen molar-refractivity contribution in [2.24, 2.45) is 0 Å². The molecule has 0 atom stereocenters. The van der Waals surface area contributed by atoms with Crippen LogP contribution in [-0.4, -0.2) is 26.5 Å². The molecule has 0 aromatic carbocycles. The molecule has 0 aliphatic heterocycles. The molecular formula is C13H17N3O2. The zero-order valence-electron chi connectivity index (χ0n) is 10.6. The molecule has 5 nitrogen and oxygen atoms in total. The summed E-state index contributed by atoms with van der Waals surface area (Å²) in [7, 11) is 0. The second-order valence-corrected chi connectivity index (χ2v) is 4.04. The number of aromatic nitrogens is 3.